The summed E-state index contributed by atoms with van der Waals surface area (Å²) < 4.78 is 42.0. The lowest BCUT2D eigenvalue weighted by molar-refractivity contribution is -0.147. The Kier molecular flexibility index (Phi) is 9.58. The summed E-state index contributed by atoms with van der Waals surface area (Å²) in [6.45, 7) is 4.05. The van der Waals surface area contributed by atoms with Crippen molar-refractivity contribution in [2.24, 2.45) is 0 Å². The monoisotopic (exact) mass is 298 g/mol. The van der Waals surface area contributed by atoms with Gasteiger partial charge in [-0.2, -0.15) is 13.2 Å². The van der Waals surface area contributed by atoms with Gasteiger partial charge in [-0.3, -0.25) is 9.69 Å². The van der Waals surface area contributed by atoms with Crippen LogP contribution in [-0.2, 0) is 9.53 Å². The maximum atomic E-state index is 12.4. The van der Waals surface area contributed by atoms with Crippen LogP contribution in [0.2, 0.25) is 0 Å². The summed E-state index contributed by atoms with van der Waals surface area (Å²) in [7, 11) is 1.28. The first-order valence-corrected chi connectivity index (χ1v) is 6.94. The molecule has 1 unspecified atom stereocenters. The van der Waals surface area contributed by atoms with Gasteiger partial charge in [0.15, 0.2) is 0 Å². The third-order valence-corrected chi connectivity index (χ3v) is 2.80. The van der Waals surface area contributed by atoms with Gasteiger partial charge >= 0.3 is 12.1 Å². The van der Waals surface area contributed by atoms with E-state index in [1.54, 1.807) is 0 Å². The molecule has 0 saturated heterocycles. The lowest BCUT2D eigenvalue weighted by Gasteiger charge is -2.25. The topological polar surface area (TPSA) is 41.6 Å². The molecule has 120 valence electrons. The van der Waals surface area contributed by atoms with E-state index >= 15 is 0 Å². The van der Waals surface area contributed by atoms with Crippen molar-refractivity contribution in [3.63, 3.8) is 0 Å². The number of nitrogens with zero attached hydrogens (tertiary/aromatic N) is 1. The molecule has 0 amide bonds. The van der Waals surface area contributed by atoms with Crippen LogP contribution in [0.1, 0.15) is 33.1 Å². The third-order valence-electron chi connectivity index (χ3n) is 2.80. The smallest absolute Gasteiger partial charge is 0.401 e. The Morgan fingerprint density at radius 3 is 2.35 bits per heavy atom. The maximum Gasteiger partial charge on any atom is 0.401 e. The SMILES string of the molecule is CCCNC(CCN(CCC)CC(F)(F)F)C(=O)OC. The average molecular weight is 298 g/mol. The van der Waals surface area contributed by atoms with Crippen LogP contribution in [0.15, 0.2) is 0 Å². The molecular weight excluding hydrogens is 273 g/mol. The van der Waals surface area contributed by atoms with Crippen LogP contribution < -0.4 is 5.32 Å². The number of hydrogen-bond donors (Lipinski definition) is 1. The molecule has 0 aliphatic heterocycles. The third kappa shape index (κ3) is 9.14. The fourth-order valence-corrected chi connectivity index (χ4v) is 1.92. The Morgan fingerprint density at radius 1 is 1.25 bits per heavy atom. The van der Waals surface area contributed by atoms with E-state index in [2.05, 4.69) is 10.1 Å². The molecule has 0 aromatic rings. The van der Waals surface area contributed by atoms with Crippen LogP contribution >= 0.6 is 0 Å². The summed E-state index contributed by atoms with van der Waals surface area (Å²) >= 11 is 0. The summed E-state index contributed by atoms with van der Waals surface area (Å²) in [6, 6.07) is -0.549. The Labute approximate surface area is 118 Å². The zero-order valence-electron chi connectivity index (χ0n) is 12.4. The largest absolute Gasteiger partial charge is 0.468 e. The first-order valence-electron chi connectivity index (χ1n) is 6.94. The van der Waals surface area contributed by atoms with Crippen molar-refractivity contribution in [2.45, 2.75) is 45.3 Å². The fourth-order valence-electron chi connectivity index (χ4n) is 1.92. The summed E-state index contributed by atoms with van der Waals surface area (Å²) in [4.78, 5) is 12.9. The van der Waals surface area contributed by atoms with Gasteiger partial charge in [-0.1, -0.05) is 13.8 Å². The molecule has 0 aromatic carbocycles. The van der Waals surface area contributed by atoms with Gasteiger partial charge < -0.3 is 10.1 Å². The van der Waals surface area contributed by atoms with E-state index in [1.807, 2.05) is 13.8 Å². The number of esters is 1. The van der Waals surface area contributed by atoms with E-state index in [0.717, 1.165) is 6.42 Å². The maximum absolute atomic E-state index is 12.4. The number of halogens is 3. The van der Waals surface area contributed by atoms with Gasteiger partial charge in [0.05, 0.1) is 13.7 Å². The molecule has 0 fully saturated rings. The van der Waals surface area contributed by atoms with Gasteiger partial charge in [-0.05, 0) is 32.4 Å². The predicted octanol–water partition coefficient (Wildman–Crippen LogP) is 2.19. The molecule has 0 spiro atoms. The lowest BCUT2D eigenvalue weighted by atomic mass is 10.2. The van der Waals surface area contributed by atoms with Crippen molar-refractivity contribution < 1.29 is 22.7 Å². The zero-order valence-corrected chi connectivity index (χ0v) is 12.4. The molecule has 20 heavy (non-hydrogen) atoms. The summed E-state index contributed by atoms with van der Waals surface area (Å²) in [5.41, 5.74) is 0. The predicted molar refractivity (Wildman–Crippen MR) is 71.5 cm³/mol. The highest BCUT2D eigenvalue weighted by molar-refractivity contribution is 5.75. The average Bonchev–Trinajstić information content (AvgIpc) is 2.36. The number of alkyl halides is 3. The van der Waals surface area contributed by atoms with Crippen molar-refractivity contribution in [3.8, 4) is 0 Å². The molecule has 0 saturated carbocycles. The van der Waals surface area contributed by atoms with Crippen molar-refractivity contribution in [1.29, 1.82) is 0 Å². The highest BCUT2D eigenvalue weighted by Crippen LogP contribution is 2.17. The second kappa shape index (κ2) is 9.99. The number of carbonyl (C=O) groups excluding carboxylic acids is 1. The summed E-state index contributed by atoms with van der Waals surface area (Å²) in [5.74, 6) is -0.429. The summed E-state index contributed by atoms with van der Waals surface area (Å²) in [5, 5.41) is 3.00. The minimum Gasteiger partial charge on any atom is -0.468 e. The molecule has 1 atom stereocenters. The molecule has 0 heterocycles. The van der Waals surface area contributed by atoms with Crippen molar-refractivity contribution in [2.75, 3.05) is 33.3 Å². The molecule has 0 radical (unpaired) electrons. The van der Waals surface area contributed by atoms with Crippen LogP contribution in [0.25, 0.3) is 0 Å². The summed E-state index contributed by atoms with van der Waals surface area (Å²) in [6.07, 6.45) is -2.42. The Balaban J connectivity index is 4.40. The van der Waals surface area contributed by atoms with Gasteiger partial charge in [0.25, 0.3) is 0 Å². The molecule has 0 aromatic heterocycles. The van der Waals surface area contributed by atoms with E-state index in [-0.39, 0.29) is 6.54 Å². The zero-order chi connectivity index (χ0) is 15.6. The Hall–Kier alpha value is -0.820. The molecule has 7 heteroatoms. The number of rotatable bonds is 10. The first kappa shape index (κ1) is 19.2. The molecular formula is C13H25F3N2O2. The number of nitrogens with one attached hydrogen (secondary N) is 1. The fraction of sp³-hybridized carbons (Fsp3) is 0.923. The van der Waals surface area contributed by atoms with Crippen molar-refractivity contribution in [3.05, 3.63) is 0 Å². The van der Waals surface area contributed by atoms with Crippen LogP contribution in [0.3, 0.4) is 0 Å². The quantitative estimate of drug-likeness (QED) is 0.628. The van der Waals surface area contributed by atoms with E-state index in [4.69, 9.17) is 0 Å². The van der Waals surface area contributed by atoms with Gasteiger partial charge in [-0.15, -0.1) is 0 Å². The van der Waals surface area contributed by atoms with Gasteiger partial charge in [0, 0.05) is 6.54 Å². The Morgan fingerprint density at radius 2 is 1.90 bits per heavy atom. The van der Waals surface area contributed by atoms with E-state index in [0.29, 0.717) is 25.9 Å². The van der Waals surface area contributed by atoms with Crippen LogP contribution in [0, 0.1) is 0 Å². The van der Waals surface area contributed by atoms with Gasteiger partial charge in [-0.25, -0.2) is 0 Å². The van der Waals surface area contributed by atoms with Gasteiger partial charge in [0.2, 0.25) is 0 Å². The normalized spacial score (nSPS) is 13.6. The standard InChI is InChI=1S/C13H25F3N2O2/c1-4-7-17-11(12(19)20-3)6-9-18(8-5-2)10-13(14,15)16/h11,17H,4-10H2,1-3H3. The minimum atomic E-state index is -4.22. The molecule has 0 rings (SSSR count). The van der Waals surface area contributed by atoms with E-state index in [9.17, 15) is 18.0 Å². The van der Waals surface area contributed by atoms with Crippen molar-refractivity contribution in [1.82, 2.24) is 10.2 Å². The number of hydrogen-bond acceptors (Lipinski definition) is 4. The molecule has 4 nitrogen and oxygen atoms in total. The number of carbonyl (C=O) groups is 1. The second-order valence-electron chi connectivity index (χ2n) is 4.71. The molecule has 0 aliphatic rings. The second-order valence-corrected chi connectivity index (χ2v) is 4.71. The highest BCUT2D eigenvalue weighted by Gasteiger charge is 2.31. The number of methoxy groups -OCH3 is 1. The molecule has 0 aliphatic carbocycles. The highest BCUT2D eigenvalue weighted by atomic mass is 19.4. The Bertz CT molecular complexity index is 273. The van der Waals surface area contributed by atoms with E-state index in [1.165, 1.54) is 12.0 Å². The van der Waals surface area contributed by atoms with Gasteiger partial charge in [0.1, 0.15) is 6.04 Å². The van der Waals surface area contributed by atoms with Crippen LogP contribution in [-0.4, -0.2) is 56.4 Å². The first-order chi connectivity index (χ1) is 9.34. The minimum absolute atomic E-state index is 0.212. The molecule has 1 N–H and O–H groups in total. The van der Waals surface area contributed by atoms with E-state index < -0.39 is 24.7 Å². The van der Waals surface area contributed by atoms with Crippen LogP contribution in [0.4, 0.5) is 13.2 Å². The van der Waals surface area contributed by atoms with Crippen molar-refractivity contribution >= 4 is 5.97 Å². The molecule has 0 bridgehead atoms. The van der Waals surface area contributed by atoms with Crippen LogP contribution in [0.5, 0.6) is 0 Å². The number of ether oxygens (including phenoxy) is 1. The lowest BCUT2D eigenvalue weighted by Crippen LogP contribution is -2.43.